The van der Waals surface area contributed by atoms with E-state index in [4.69, 9.17) is 24.3 Å². The van der Waals surface area contributed by atoms with Crippen LogP contribution in [0.15, 0.2) is 108 Å². The van der Waals surface area contributed by atoms with Crippen molar-refractivity contribution in [1.29, 1.82) is 0 Å². The van der Waals surface area contributed by atoms with Gasteiger partial charge < -0.3 is 19.3 Å². The van der Waals surface area contributed by atoms with Crippen molar-refractivity contribution >= 4 is 38.6 Å². The van der Waals surface area contributed by atoms with E-state index < -0.39 is 0 Å². The lowest BCUT2D eigenvalue weighted by Crippen LogP contribution is -2.02. The third kappa shape index (κ3) is 11.3. The highest BCUT2D eigenvalue weighted by Gasteiger charge is 2.16. The summed E-state index contributed by atoms with van der Waals surface area (Å²) in [5.74, 6) is 1.66. The summed E-state index contributed by atoms with van der Waals surface area (Å²) in [5.41, 5.74) is 11.2. The predicted molar refractivity (Wildman–Crippen MR) is 219 cm³/mol. The quantitative estimate of drug-likeness (QED) is 0.159. The Kier molecular flexibility index (Phi) is 14.8. The number of anilines is 1. The molecule has 5 heterocycles. The Morgan fingerprint density at radius 3 is 1.55 bits per heavy atom. The molecule has 0 saturated carbocycles. The van der Waals surface area contributed by atoms with Gasteiger partial charge in [-0.05, 0) is 38.8 Å². The van der Waals surface area contributed by atoms with Crippen molar-refractivity contribution < 1.29 is 13.6 Å². The maximum Gasteiger partial charge on any atom is 0.336 e. The molecule has 1 aliphatic heterocycles. The third-order valence-corrected chi connectivity index (χ3v) is 10.1. The zero-order valence-electron chi connectivity index (χ0n) is 30.3. The first-order valence-electron chi connectivity index (χ1n) is 17.3. The Morgan fingerprint density at radius 1 is 0.698 bits per heavy atom. The number of aryl methyl sites for hydroxylation is 2. The fourth-order valence-corrected chi connectivity index (χ4v) is 7.05. The monoisotopic (exact) mass is 752 g/mol. The molecular weight excluding hydrogens is 705 g/mol. The summed E-state index contributed by atoms with van der Waals surface area (Å²) in [6.07, 6.45) is 2.56. The highest BCUT2D eigenvalue weighted by molar-refractivity contribution is 7.19. The second kappa shape index (κ2) is 19.2. The number of aliphatic imine (C=N–C) groups is 1. The number of ether oxygens (including phenoxy) is 1. The van der Waals surface area contributed by atoms with Gasteiger partial charge >= 0.3 is 11.3 Å². The van der Waals surface area contributed by atoms with Crippen molar-refractivity contribution in [3.63, 3.8) is 0 Å². The van der Waals surface area contributed by atoms with E-state index >= 15 is 0 Å². The van der Waals surface area contributed by atoms with E-state index in [9.17, 15) is 9.59 Å². The SMILES string of the molecule is C.C1CCOC1.Cc1nc(N)sc1-c1cc(C(C)C)oc(=O)c1.Cc1nc(N=C(c2ccccc2)c2ccccc2)sc1-c1cc(C(C)C)oc(=O)c1. The first-order chi connectivity index (χ1) is 25.0. The third-order valence-electron chi connectivity index (χ3n) is 7.97. The van der Waals surface area contributed by atoms with E-state index in [1.807, 2.05) is 114 Å². The number of hydrogen-bond acceptors (Lipinski definition) is 11. The first kappa shape index (κ1) is 40.8. The van der Waals surface area contributed by atoms with E-state index in [0.717, 1.165) is 62.3 Å². The minimum atomic E-state index is -0.344. The molecular formula is C42H48N4O5S2. The molecule has 0 spiro atoms. The molecule has 0 bridgehead atoms. The maximum absolute atomic E-state index is 12.0. The Bertz CT molecular complexity index is 2160. The lowest BCUT2D eigenvalue weighted by molar-refractivity contribution is 0.198. The van der Waals surface area contributed by atoms with Gasteiger partial charge in [-0.25, -0.2) is 24.5 Å². The van der Waals surface area contributed by atoms with Crippen molar-refractivity contribution in [3.8, 4) is 20.9 Å². The van der Waals surface area contributed by atoms with Crippen LogP contribution >= 0.6 is 22.7 Å². The molecule has 2 N–H and O–H groups in total. The summed E-state index contributed by atoms with van der Waals surface area (Å²) in [4.78, 5) is 39.1. The lowest BCUT2D eigenvalue weighted by Gasteiger charge is -2.06. The van der Waals surface area contributed by atoms with Gasteiger partial charge in [0.05, 0.1) is 26.9 Å². The Morgan fingerprint density at radius 2 is 1.15 bits per heavy atom. The van der Waals surface area contributed by atoms with Crippen molar-refractivity contribution in [2.75, 3.05) is 18.9 Å². The van der Waals surface area contributed by atoms with Gasteiger partial charge in [0.1, 0.15) is 11.5 Å². The maximum atomic E-state index is 12.0. The molecule has 11 heteroatoms. The van der Waals surface area contributed by atoms with Gasteiger partial charge in [0.15, 0.2) is 5.13 Å². The summed E-state index contributed by atoms with van der Waals surface area (Å²) in [7, 11) is 0. The molecule has 4 aromatic heterocycles. The van der Waals surface area contributed by atoms with Crippen molar-refractivity contribution in [1.82, 2.24) is 9.97 Å². The molecule has 1 fully saturated rings. The summed E-state index contributed by atoms with van der Waals surface area (Å²) in [5, 5.41) is 1.17. The van der Waals surface area contributed by atoms with Crippen molar-refractivity contribution in [2.45, 2.75) is 73.6 Å². The number of rotatable bonds is 7. The van der Waals surface area contributed by atoms with E-state index in [1.165, 1.54) is 47.6 Å². The Labute approximate surface area is 319 Å². The van der Waals surface area contributed by atoms with Gasteiger partial charge in [-0.1, -0.05) is 118 Å². The molecule has 6 aromatic rings. The molecule has 7 rings (SSSR count). The van der Waals surface area contributed by atoms with Crippen molar-refractivity contribution in [2.24, 2.45) is 4.99 Å². The van der Waals surface area contributed by atoms with E-state index in [1.54, 1.807) is 0 Å². The number of nitrogens with zero attached hydrogens (tertiary/aromatic N) is 3. The van der Waals surface area contributed by atoms with Gasteiger partial charge in [0, 0.05) is 59.4 Å². The molecule has 53 heavy (non-hydrogen) atoms. The van der Waals surface area contributed by atoms with E-state index in [0.29, 0.717) is 21.8 Å². The van der Waals surface area contributed by atoms with Crippen LogP contribution in [-0.2, 0) is 4.74 Å². The van der Waals surface area contributed by atoms with Crippen LogP contribution in [0.4, 0.5) is 10.3 Å². The summed E-state index contributed by atoms with van der Waals surface area (Å²) >= 11 is 2.86. The van der Waals surface area contributed by atoms with E-state index in [2.05, 4.69) is 9.97 Å². The second-order valence-electron chi connectivity index (χ2n) is 12.8. The fourth-order valence-electron chi connectivity index (χ4n) is 5.30. The molecule has 9 nitrogen and oxygen atoms in total. The van der Waals surface area contributed by atoms with Crippen LogP contribution in [0.1, 0.15) is 93.8 Å². The molecule has 2 aromatic carbocycles. The summed E-state index contributed by atoms with van der Waals surface area (Å²) in [6.45, 7) is 13.8. The van der Waals surface area contributed by atoms with Crippen LogP contribution in [0.3, 0.4) is 0 Å². The fraction of sp³-hybridized carbons (Fsp3) is 0.310. The van der Waals surface area contributed by atoms with Crippen LogP contribution in [0.25, 0.3) is 20.9 Å². The molecule has 0 atom stereocenters. The highest BCUT2D eigenvalue weighted by atomic mass is 32.1. The molecule has 0 unspecified atom stereocenters. The van der Waals surface area contributed by atoms with Crippen molar-refractivity contribution in [3.05, 3.63) is 140 Å². The first-order valence-corrected chi connectivity index (χ1v) is 18.9. The summed E-state index contributed by atoms with van der Waals surface area (Å²) < 4.78 is 15.4. The summed E-state index contributed by atoms with van der Waals surface area (Å²) in [6, 6.07) is 27.0. The smallest absolute Gasteiger partial charge is 0.336 e. The van der Waals surface area contributed by atoms with Crippen LogP contribution in [0.5, 0.6) is 0 Å². The number of thiazole rings is 2. The van der Waals surface area contributed by atoms with Gasteiger partial charge in [-0.15, -0.1) is 0 Å². The second-order valence-corrected chi connectivity index (χ2v) is 14.8. The molecule has 0 radical (unpaired) electrons. The molecule has 278 valence electrons. The standard InChI is InChI=1S/C25H22N2O2S.C12H14N2O2S.C4H8O.CH4/c1-16(2)21-14-20(15-22(28)29-21)24-17(3)26-25(30-24)27-23(18-10-6-4-7-11-18)19-12-8-5-9-13-19;1-6(2)9-4-8(5-10(15)16-9)11-7(3)14-12(13)17-11;1-2-4-5-3-1;/h4-16H,1-3H3;4-6H,1-3H3,(H2,13,14);1-4H2;1H4. The number of nitrogens with two attached hydrogens (primary N) is 1. The van der Waals surface area contributed by atoms with Crippen LogP contribution in [0, 0.1) is 13.8 Å². The number of nitrogen functional groups attached to an aromatic ring is 1. The normalized spacial score (nSPS) is 12.0. The zero-order valence-corrected chi connectivity index (χ0v) is 32.0. The predicted octanol–water partition coefficient (Wildman–Crippen LogP) is 10.6. The van der Waals surface area contributed by atoms with Gasteiger partial charge in [0.25, 0.3) is 0 Å². The Hall–Kier alpha value is -4.97. The molecule has 0 aliphatic carbocycles. The molecule has 1 aliphatic rings. The number of hydrogen-bond donors (Lipinski definition) is 1. The van der Waals surface area contributed by atoms with Crippen LogP contribution in [0.2, 0.25) is 0 Å². The van der Waals surface area contributed by atoms with Crippen LogP contribution < -0.4 is 17.0 Å². The lowest BCUT2D eigenvalue weighted by atomic mass is 10.0. The molecule has 1 saturated heterocycles. The average Bonchev–Trinajstić information content (AvgIpc) is 3.90. The van der Waals surface area contributed by atoms with Gasteiger partial charge in [-0.2, -0.15) is 0 Å². The molecule has 0 amide bonds. The Balaban J connectivity index is 0.000000228. The van der Waals surface area contributed by atoms with Gasteiger partial charge in [0.2, 0.25) is 5.13 Å². The minimum absolute atomic E-state index is 0. The zero-order chi connectivity index (χ0) is 37.2. The van der Waals surface area contributed by atoms with E-state index in [-0.39, 0.29) is 30.5 Å². The number of benzene rings is 2. The largest absolute Gasteiger partial charge is 0.428 e. The van der Waals surface area contributed by atoms with Crippen LogP contribution in [-0.4, -0.2) is 28.9 Å². The minimum Gasteiger partial charge on any atom is -0.428 e. The van der Waals surface area contributed by atoms with Gasteiger partial charge in [-0.3, -0.25) is 0 Å². The number of aromatic nitrogens is 2. The topological polar surface area (TPSA) is 134 Å². The average molecular weight is 753 g/mol. The highest BCUT2D eigenvalue weighted by Crippen LogP contribution is 2.36.